The molecule has 0 saturated heterocycles. The van der Waals surface area contributed by atoms with Crippen LogP contribution in [0, 0.1) is 0 Å². The number of carbonyl (C=O) groups excluding carboxylic acids is 1. The van der Waals surface area contributed by atoms with E-state index in [1.165, 1.54) is 16.6 Å². The summed E-state index contributed by atoms with van der Waals surface area (Å²) in [6.07, 6.45) is 0.829. The first kappa shape index (κ1) is 24.8. The van der Waals surface area contributed by atoms with Gasteiger partial charge >= 0.3 is 0 Å². The second-order valence-corrected chi connectivity index (χ2v) is 10.8. The number of para-hydroxylation sites is 1. The molecular formula is C26H25ClN4O3S2. The maximum absolute atomic E-state index is 13.9. The maximum Gasteiger partial charge on any atom is 0.267 e. The number of methoxy groups -OCH3 is 1. The van der Waals surface area contributed by atoms with E-state index in [1.54, 1.807) is 41.2 Å². The molecule has 7 nitrogen and oxygen atoms in total. The molecule has 1 amide bonds. The number of benzene rings is 2. The topological polar surface area (TPSA) is 76.5 Å². The minimum Gasteiger partial charge on any atom is -0.497 e. The van der Waals surface area contributed by atoms with Gasteiger partial charge < -0.3 is 10.1 Å². The van der Waals surface area contributed by atoms with Crippen molar-refractivity contribution >= 4 is 56.5 Å². The van der Waals surface area contributed by atoms with Gasteiger partial charge in [-0.1, -0.05) is 42.4 Å². The number of nitrogens with zero attached hydrogens (tertiary/aromatic N) is 3. The largest absolute Gasteiger partial charge is 0.497 e. The van der Waals surface area contributed by atoms with Gasteiger partial charge in [0.25, 0.3) is 5.56 Å². The van der Waals surface area contributed by atoms with Crippen LogP contribution in [0.4, 0.5) is 5.69 Å². The zero-order valence-electron chi connectivity index (χ0n) is 19.9. The Morgan fingerprint density at radius 1 is 1.22 bits per heavy atom. The van der Waals surface area contributed by atoms with Crippen LogP contribution in [0.15, 0.2) is 58.5 Å². The number of aromatic nitrogens is 2. The monoisotopic (exact) mass is 540 g/mol. The average molecular weight is 541 g/mol. The van der Waals surface area contributed by atoms with Gasteiger partial charge in [-0.15, -0.1) is 11.3 Å². The van der Waals surface area contributed by atoms with Gasteiger partial charge in [0.05, 0.1) is 34.6 Å². The molecule has 5 rings (SSSR count). The Bertz CT molecular complexity index is 1480. The molecule has 3 heterocycles. The quantitative estimate of drug-likeness (QED) is 0.256. The van der Waals surface area contributed by atoms with E-state index in [0.717, 1.165) is 36.4 Å². The Morgan fingerprint density at radius 3 is 2.72 bits per heavy atom. The first-order chi connectivity index (χ1) is 17.5. The van der Waals surface area contributed by atoms with Crippen molar-refractivity contribution in [3.05, 3.63) is 74.3 Å². The summed E-state index contributed by atoms with van der Waals surface area (Å²) < 4.78 is 6.89. The molecule has 2 aromatic heterocycles. The van der Waals surface area contributed by atoms with Crippen molar-refractivity contribution in [2.45, 2.75) is 25.0 Å². The molecule has 10 heteroatoms. The van der Waals surface area contributed by atoms with Gasteiger partial charge in [-0.05, 0) is 54.9 Å². The second kappa shape index (κ2) is 10.6. The summed E-state index contributed by atoms with van der Waals surface area (Å²) in [7, 11) is 1.60. The molecular weight excluding hydrogens is 516 g/mol. The summed E-state index contributed by atoms with van der Waals surface area (Å²) in [5, 5.41) is 4.46. The summed E-state index contributed by atoms with van der Waals surface area (Å²) in [6.45, 7) is 4.88. The molecule has 0 spiro atoms. The van der Waals surface area contributed by atoms with Crippen molar-refractivity contribution in [3.63, 3.8) is 0 Å². The highest BCUT2D eigenvalue weighted by atomic mass is 35.5. The molecule has 0 bridgehead atoms. The average Bonchev–Trinajstić information content (AvgIpc) is 3.26. The highest BCUT2D eigenvalue weighted by Crippen LogP contribution is 2.34. The van der Waals surface area contributed by atoms with E-state index in [9.17, 15) is 9.59 Å². The summed E-state index contributed by atoms with van der Waals surface area (Å²) in [5.41, 5.74) is 2.22. The Balaban J connectivity index is 1.53. The lowest BCUT2D eigenvalue weighted by molar-refractivity contribution is -0.113. The molecule has 2 aromatic carbocycles. The molecule has 0 radical (unpaired) electrons. The molecule has 4 aromatic rings. The zero-order chi connectivity index (χ0) is 25.2. The van der Waals surface area contributed by atoms with Gasteiger partial charge in [-0.3, -0.25) is 19.1 Å². The molecule has 0 atom stereocenters. The lowest BCUT2D eigenvalue weighted by Crippen LogP contribution is -2.30. The van der Waals surface area contributed by atoms with Crippen molar-refractivity contribution in [3.8, 4) is 11.4 Å². The number of amides is 1. The first-order valence-corrected chi connectivity index (χ1v) is 13.8. The Labute approximate surface area is 222 Å². The number of anilines is 1. The fourth-order valence-electron chi connectivity index (χ4n) is 4.28. The molecule has 36 heavy (non-hydrogen) atoms. The van der Waals surface area contributed by atoms with Crippen LogP contribution in [0.1, 0.15) is 17.4 Å². The van der Waals surface area contributed by atoms with Crippen molar-refractivity contribution in [2.24, 2.45) is 0 Å². The normalized spacial score (nSPS) is 13.5. The first-order valence-electron chi connectivity index (χ1n) is 11.6. The molecule has 1 aliphatic rings. The third-order valence-electron chi connectivity index (χ3n) is 6.18. The van der Waals surface area contributed by atoms with Crippen LogP contribution in [-0.4, -0.2) is 46.3 Å². The number of thiophene rings is 1. The van der Waals surface area contributed by atoms with E-state index in [2.05, 4.69) is 17.1 Å². The number of ether oxygens (including phenoxy) is 1. The fourth-order valence-corrected chi connectivity index (χ4v) is 6.58. The summed E-state index contributed by atoms with van der Waals surface area (Å²) in [4.78, 5) is 35.8. The number of hydrogen-bond acceptors (Lipinski definition) is 7. The number of halogens is 1. The van der Waals surface area contributed by atoms with Gasteiger partial charge in [0.15, 0.2) is 5.16 Å². The van der Waals surface area contributed by atoms with Crippen molar-refractivity contribution in [1.29, 1.82) is 0 Å². The molecule has 0 unspecified atom stereocenters. The number of hydrogen-bond donors (Lipinski definition) is 1. The van der Waals surface area contributed by atoms with Gasteiger partial charge in [0.1, 0.15) is 10.6 Å². The smallest absolute Gasteiger partial charge is 0.267 e. The fraction of sp³-hybridized carbons (Fsp3) is 0.269. The molecule has 1 N–H and O–H groups in total. The minimum atomic E-state index is -0.229. The molecule has 0 saturated carbocycles. The minimum absolute atomic E-state index is 0.0774. The van der Waals surface area contributed by atoms with Crippen LogP contribution in [0.2, 0.25) is 5.02 Å². The number of rotatable bonds is 7. The Kier molecular flexibility index (Phi) is 7.34. The predicted molar refractivity (Wildman–Crippen MR) is 147 cm³/mol. The van der Waals surface area contributed by atoms with E-state index < -0.39 is 0 Å². The third-order valence-corrected chi connectivity index (χ3v) is 8.56. The van der Waals surface area contributed by atoms with E-state index in [4.69, 9.17) is 21.3 Å². The standard InChI is InChI=1S/C26H25ClN4O3S2/c1-3-30-13-12-18-21(14-30)36-24-23(18)25(33)31(16-8-10-17(34-2)11-9-16)26(29-24)35-15-22(32)28-20-7-5-4-6-19(20)27/h4-11H,3,12-15H2,1-2H3,(H,28,32). The van der Waals surface area contributed by atoms with E-state index >= 15 is 0 Å². The summed E-state index contributed by atoms with van der Waals surface area (Å²) in [5.74, 6) is 0.545. The van der Waals surface area contributed by atoms with E-state index in [0.29, 0.717) is 32.7 Å². The number of fused-ring (bicyclic) bond motifs is 3. The van der Waals surface area contributed by atoms with Gasteiger partial charge in [0, 0.05) is 18.0 Å². The summed E-state index contributed by atoms with van der Waals surface area (Å²) >= 11 is 8.99. The van der Waals surface area contributed by atoms with Crippen molar-refractivity contribution in [2.75, 3.05) is 31.3 Å². The number of thioether (sulfide) groups is 1. The molecule has 186 valence electrons. The van der Waals surface area contributed by atoms with Crippen molar-refractivity contribution in [1.82, 2.24) is 14.5 Å². The van der Waals surface area contributed by atoms with Crippen LogP contribution in [0.5, 0.6) is 5.75 Å². The third kappa shape index (κ3) is 4.88. The van der Waals surface area contributed by atoms with Crippen LogP contribution in [0.25, 0.3) is 15.9 Å². The SMILES string of the molecule is CCN1CCc2c(sc3nc(SCC(=O)Nc4ccccc4Cl)n(-c4ccc(OC)cc4)c(=O)c23)C1. The predicted octanol–water partition coefficient (Wildman–Crippen LogP) is 5.22. The molecule has 1 aliphatic heterocycles. The Hall–Kier alpha value is -2.85. The molecule has 0 aliphatic carbocycles. The highest BCUT2D eigenvalue weighted by molar-refractivity contribution is 7.99. The van der Waals surface area contributed by atoms with Gasteiger partial charge in [0.2, 0.25) is 5.91 Å². The molecule has 0 fully saturated rings. The van der Waals surface area contributed by atoms with E-state index in [-0.39, 0.29) is 17.2 Å². The van der Waals surface area contributed by atoms with Crippen LogP contribution >= 0.6 is 34.7 Å². The number of likely N-dealkylation sites (N-methyl/N-ethyl adjacent to an activating group) is 1. The number of carbonyl (C=O) groups is 1. The Morgan fingerprint density at radius 2 is 2.00 bits per heavy atom. The van der Waals surface area contributed by atoms with Crippen molar-refractivity contribution < 1.29 is 9.53 Å². The van der Waals surface area contributed by atoms with E-state index in [1.807, 2.05) is 30.3 Å². The maximum atomic E-state index is 13.9. The lowest BCUT2D eigenvalue weighted by Gasteiger charge is -2.25. The van der Waals surface area contributed by atoms with Gasteiger partial charge in [-0.2, -0.15) is 0 Å². The lowest BCUT2D eigenvalue weighted by atomic mass is 10.1. The second-order valence-electron chi connectivity index (χ2n) is 8.35. The van der Waals surface area contributed by atoms with Crippen LogP contribution < -0.4 is 15.6 Å². The zero-order valence-corrected chi connectivity index (χ0v) is 22.3. The number of nitrogens with one attached hydrogen (secondary N) is 1. The van der Waals surface area contributed by atoms with Gasteiger partial charge in [-0.25, -0.2) is 4.98 Å². The van der Waals surface area contributed by atoms with Crippen LogP contribution in [-0.2, 0) is 17.8 Å². The van der Waals surface area contributed by atoms with Crippen LogP contribution in [0.3, 0.4) is 0 Å². The summed E-state index contributed by atoms with van der Waals surface area (Å²) in [6, 6.07) is 14.4. The highest BCUT2D eigenvalue weighted by Gasteiger charge is 2.25.